The van der Waals surface area contributed by atoms with E-state index >= 15 is 0 Å². The van der Waals surface area contributed by atoms with E-state index in [4.69, 9.17) is 0 Å². The van der Waals surface area contributed by atoms with Crippen molar-refractivity contribution < 1.29 is 0 Å². The smallest absolute Gasteiger partial charge is 0.0189 e. The van der Waals surface area contributed by atoms with Gasteiger partial charge in [0.15, 0.2) is 0 Å². The van der Waals surface area contributed by atoms with Crippen molar-refractivity contribution in [3.05, 3.63) is 92.2 Å². The van der Waals surface area contributed by atoms with Crippen LogP contribution in [0.1, 0.15) is 115 Å². The molecule has 2 unspecified atom stereocenters. The van der Waals surface area contributed by atoms with Gasteiger partial charge in [0.05, 0.1) is 0 Å². The van der Waals surface area contributed by atoms with E-state index in [1.165, 1.54) is 22.3 Å². The molecule has 0 heterocycles. The summed E-state index contributed by atoms with van der Waals surface area (Å²) in [6.07, 6.45) is 20.6. The van der Waals surface area contributed by atoms with E-state index in [1.54, 1.807) is 33.4 Å². The summed E-state index contributed by atoms with van der Waals surface area (Å²) < 4.78 is 0. The van der Waals surface area contributed by atoms with Crippen LogP contribution in [-0.2, 0) is 0 Å². The zero-order chi connectivity index (χ0) is 27.6. The predicted octanol–water partition coefficient (Wildman–Crippen LogP) is 11.3. The van der Waals surface area contributed by atoms with Crippen molar-refractivity contribution in [3.8, 4) is 0 Å². The standard InChI is InChI=1S/C37H52/c1-13-30-18-16-20-32(30)36(12,33-21-17-19-31(33)14-2)37(15-3,34(10)22-24(4)26(6)28(34)8)35(11)23-25(5)27(7)29(35)9/h16-19,22-23H,13-15,20-21H2,1-12H3. The van der Waals surface area contributed by atoms with E-state index in [1.807, 2.05) is 0 Å². The van der Waals surface area contributed by atoms with Gasteiger partial charge in [-0.15, -0.1) is 0 Å². The molecule has 0 heteroatoms. The van der Waals surface area contributed by atoms with E-state index in [0.717, 1.165) is 32.1 Å². The lowest BCUT2D eigenvalue weighted by Gasteiger charge is -2.66. The fourth-order valence-corrected chi connectivity index (χ4v) is 9.73. The number of rotatable bonds is 8. The Morgan fingerprint density at radius 2 is 1.05 bits per heavy atom. The van der Waals surface area contributed by atoms with Crippen LogP contribution < -0.4 is 0 Å². The average molecular weight is 497 g/mol. The highest BCUT2D eigenvalue weighted by Crippen LogP contribution is 2.76. The van der Waals surface area contributed by atoms with Gasteiger partial charge in [-0.2, -0.15) is 0 Å². The first-order valence-corrected chi connectivity index (χ1v) is 14.9. The minimum absolute atomic E-state index is 0.0784. The van der Waals surface area contributed by atoms with E-state index in [-0.39, 0.29) is 21.7 Å². The average Bonchev–Trinajstić information content (AvgIpc) is 3.63. The van der Waals surface area contributed by atoms with Gasteiger partial charge in [0, 0.05) is 21.7 Å². The second-order valence-electron chi connectivity index (χ2n) is 12.9. The predicted molar refractivity (Wildman–Crippen MR) is 163 cm³/mol. The highest BCUT2D eigenvalue weighted by Gasteiger charge is 2.69. The molecular weight excluding hydrogens is 444 g/mol. The van der Waals surface area contributed by atoms with Crippen LogP contribution >= 0.6 is 0 Å². The fourth-order valence-electron chi connectivity index (χ4n) is 9.73. The van der Waals surface area contributed by atoms with Crippen LogP contribution in [-0.4, -0.2) is 0 Å². The minimum atomic E-state index is -0.0970. The summed E-state index contributed by atoms with van der Waals surface area (Å²) in [6.45, 7) is 29.4. The molecule has 4 aliphatic carbocycles. The van der Waals surface area contributed by atoms with Crippen molar-refractivity contribution in [2.24, 2.45) is 21.7 Å². The second kappa shape index (κ2) is 9.29. The Morgan fingerprint density at radius 1 is 0.676 bits per heavy atom. The van der Waals surface area contributed by atoms with Crippen LogP contribution in [0.25, 0.3) is 0 Å². The maximum Gasteiger partial charge on any atom is 0.0189 e. The van der Waals surface area contributed by atoms with Gasteiger partial charge in [-0.05, 0) is 95.9 Å². The Bertz CT molecular complexity index is 1170. The molecule has 0 saturated heterocycles. The molecule has 200 valence electrons. The van der Waals surface area contributed by atoms with Crippen LogP contribution in [0.3, 0.4) is 0 Å². The Kier molecular flexibility index (Phi) is 7.01. The van der Waals surface area contributed by atoms with Crippen molar-refractivity contribution in [2.75, 3.05) is 0 Å². The second-order valence-corrected chi connectivity index (χ2v) is 12.9. The lowest BCUT2D eigenvalue weighted by molar-refractivity contribution is -0.0622. The molecule has 0 nitrogen and oxygen atoms in total. The van der Waals surface area contributed by atoms with Gasteiger partial charge in [-0.3, -0.25) is 0 Å². The molecule has 0 spiro atoms. The van der Waals surface area contributed by atoms with E-state index < -0.39 is 0 Å². The maximum atomic E-state index is 2.68. The summed E-state index contributed by atoms with van der Waals surface area (Å²) in [5, 5.41) is 0. The van der Waals surface area contributed by atoms with Gasteiger partial charge in [0.2, 0.25) is 0 Å². The molecular formula is C37H52. The molecule has 0 bridgehead atoms. The van der Waals surface area contributed by atoms with Gasteiger partial charge in [0.25, 0.3) is 0 Å². The molecule has 0 amide bonds. The first-order chi connectivity index (χ1) is 17.3. The molecule has 0 aliphatic heterocycles. The van der Waals surface area contributed by atoms with Crippen molar-refractivity contribution in [3.63, 3.8) is 0 Å². The lowest BCUT2D eigenvalue weighted by atomic mass is 9.36. The molecule has 0 saturated carbocycles. The summed E-state index contributed by atoms with van der Waals surface area (Å²) in [6, 6.07) is 0. The minimum Gasteiger partial charge on any atom is -0.0801 e. The van der Waals surface area contributed by atoms with Crippen molar-refractivity contribution in [1.29, 1.82) is 0 Å². The third-order valence-electron chi connectivity index (χ3n) is 12.1. The van der Waals surface area contributed by atoms with Crippen LogP contribution in [0, 0.1) is 21.7 Å². The Labute approximate surface area is 228 Å². The number of hydrogen-bond donors (Lipinski definition) is 0. The number of allylic oxidation sites excluding steroid dienone is 16. The van der Waals surface area contributed by atoms with Crippen molar-refractivity contribution in [1.82, 2.24) is 0 Å². The van der Waals surface area contributed by atoms with Crippen LogP contribution in [0.4, 0.5) is 0 Å². The molecule has 0 aromatic rings. The SMILES string of the molecule is CCC1=C(C(C)(C2=C(CC)C=CC2)C(CC)(C2(C)C=C(C)C(C)=C2C)C2(C)C=C(C)C(C)=C2C)CC=C1. The zero-order valence-electron chi connectivity index (χ0n) is 26.0. The van der Waals surface area contributed by atoms with Gasteiger partial charge < -0.3 is 0 Å². The third kappa shape index (κ3) is 3.33. The van der Waals surface area contributed by atoms with E-state index in [9.17, 15) is 0 Å². The Morgan fingerprint density at radius 3 is 1.32 bits per heavy atom. The van der Waals surface area contributed by atoms with Crippen LogP contribution in [0.15, 0.2) is 92.2 Å². The molecule has 37 heavy (non-hydrogen) atoms. The fraction of sp³-hybridized carbons (Fsp3) is 0.568. The first kappa shape index (κ1) is 27.9. The van der Waals surface area contributed by atoms with Crippen LogP contribution in [0.5, 0.6) is 0 Å². The molecule has 0 radical (unpaired) electrons. The summed E-state index contributed by atoms with van der Waals surface area (Å²) >= 11 is 0. The first-order valence-electron chi connectivity index (χ1n) is 14.9. The van der Waals surface area contributed by atoms with E-state index in [0.29, 0.717) is 0 Å². The summed E-state index contributed by atoms with van der Waals surface area (Å²) in [7, 11) is 0. The summed E-state index contributed by atoms with van der Waals surface area (Å²) in [4.78, 5) is 0. The summed E-state index contributed by atoms with van der Waals surface area (Å²) in [5.74, 6) is 0. The van der Waals surface area contributed by atoms with Gasteiger partial charge >= 0.3 is 0 Å². The largest absolute Gasteiger partial charge is 0.0801 e. The van der Waals surface area contributed by atoms with Gasteiger partial charge in [-0.25, -0.2) is 0 Å². The molecule has 4 rings (SSSR count). The third-order valence-corrected chi connectivity index (χ3v) is 12.1. The molecule has 0 N–H and O–H groups in total. The van der Waals surface area contributed by atoms with E-state index in [2.05, 4.69) is 120 Å². The lowest BCUT2D eigenvalue weighted by Crippen LogP contribution is -2.60. The topological polar surface area (TPSA) is 0 Å². The normalized spacial score (nSPS) is 29.8. The maximum absolute atomic E-state index is 2.68. The van der Waals surface area contributed by atoms with Gasteiger partial charge in [0.1, 0.15) is 0 Å². The summed E-state index contributed by atoms with van der Waals surface area (Å²) in [5.41, 5.74) is 15.2. The molecule has 0 aromatic heterocycles. The quantitative estimate of drug-likeness (QED) is 0.313. The van der Waals surface area contributed by atoms with Crippen LogP contribution in [0.2, 0.25) is 0 Å². The highest BCUT2D eigenvalue weighted by molar-refractivity contribution is 5.59. The van der Waals surface area contributed by atoms with Crippen molar-refractivity contribution >= 4 is 0 Å². The number of hydrogen-bond acceptors (Lipinski definition) is 0. The van der Waals surface area contributed by atoms with Gasteiger partial charge in [-0.1, -0.05) is 111 Å². The molecule has 2 atom stereocenters. The monoisotopic (exact) mass is 496 g/mol. The zero-order valence-corrected chi connectivity index (χ0v) is 26.0. The molecule has 0 fully saturated rings. The molecule has 4 aliphatic rings. The highest BCUT2D eigenvalue weighted by atomic mass is 14.7. The molecule has 0 aromatic carbocycles. The Balaban J connectivity index is 2.26. The van der Waals surface area contributed by atoms with Crippen molar-refractivity contribution in [2.45, 2.75) is 115 Å². The Hall–Kier alpha value is -2.08.